The number of nitrogens with zero attached hydrogens (tertiary/aromatic N) is 1. The van der Waals surface area contributed by atoms with Crippen molar-refractivity contribution in [2.24, 2.45) is 11.8 Å². The number of rotatable bonds is 4. The fourth-order valence-electron chi connectivity index (χ4n) is 5.14. The molecule has 2 aliphatic heterocycles. The summed E-state index contributed by atoms with van der Waals surface area (Å²) in [5, 5.41) is 4.37. The number of hydrogen-bond donors (Lipinski definition) is 1. The van der Waals surface area contributed by atoms with Gasteiger partial charge in [-0.1, -0.05) is 65.7 Å². The van der Waals surface area contributed by atoms with Crippen molar-refractivity contribution in [3.05, 3.63) is 100 Å². The molecule has 8 heteroatoms. The molecule has 0 aromatic heterocycles. The van der Waals surface area contributed by atoms with E-state index in [1.54, 1.807) is 72.8 Å². The molecule has 2 amide bonds. The van der Waals surface area contributed by atoms with Crippen LogP contribution in [0.4, 0.5) is 5.69 Å². The lowest BCUT2D eigenvalue weighted by Crippen LogP contribution is -2.53. The molecule has 0 saturated carbocycles. The number of amides is 2. The first-order valence-electron chi connectivity index (χ1n) is 10.7. The summed E-state index contributed by atoms with van der Waals surface area (Å²) in [6, 6.07) is 21.7. The van der Waals surface area contributed by atoms with Crippen LogP contribution in [0.25, 0.3) is 0 Å². The Bertz CT molecular complexity index is 1260. The van der Waals surface area contributed by atoms with E-state index >= 15 is 0 Å². The van der Waals surface area contributed by atoms with Gasteiger partial charge in [0.1, 0.15) is 0 Å². The maximum absolute atomic E-state index is 13.9. The van der Waals surface area contributed by atoms with E-state index < -0.39 is 41.2 Å². The Hall–Kier alpha value is -3.19. The van der Waals surface area contributed by atoms with Crippen molar-refractivity contribution >= 4 is 46.7 Å². The molecule has 2 fully saturated rings. The number of carbonyl (C=O) groups is 3. The molecule has 4 atom stereocenters. The normalized spacial score (nSPS) is 26.0. The number of nitrogens with one attached hydrogen (secondary N) is 1. The van der Waals surface area contributed by atoms with Crippen LogP contribution in [0.15, 0.2) is 78.9 Å². The second kappa shape index (κ2) is 8.55. The zero-order chi connectivity index (χ0) is 24.0. The molecule has 2 saturated heterocycles. The predicted octanol–water partition coefficient (Wildman–Crippen LogP) is 4.51. The minimum Gasteiger partial charge on any atom is -0.467 e. The molecule has 0 bridgehead atoms. The lowest BCUT2D eigenvalue weighted by atomic mass is 9.75. The highest BCUT2D eigenvalue weighted by atomic mass is 35.5. The average Bonchev–Trinajstić information content (AvgIpc) is 3.35. The third-order valence-corrected chi connectivity index (χ3v) is 7.11. The lowest BCUT2D eigenvalue weighted by molar-refractivity contribution is -0.152. The van der Waals surface area contributed by atoms with Crippen molar-refractivity contribution in [3.63, 3.8) is 0 Å². The Balaban J connectivity index is 1.72. The highest BCUT2D eigenvalue weighted by Gasteiger charge is 2.69. The summed E-state index contributed by atoms with van der Waals surface area (Å²) < 4.78 is 5.22. The number of methoxy groups -OCH3 is 1. The number of esters is 1. The third-order valence-electron chi connectivity index (χ3n) is 6.61. The molecule has 3 aromatic carbocycles. The molecule has 2 heterocycles. The third kappa shape index (κ3) is 3.33. The van der Waals surface area contributed by atoms with Gasteiger partial charge in [0, 0.05) is 16.1 Å². The van der Waals surface area contributed by atoms with Gasteiger partial charge in [-0.25, -0.2) is 9.69 Å². The topological polar surface area (TPSA) is 75.7 Å². The largest absolute Gasteiger partial charge is 0.467 e. The second-order valence-corrected chi connectivity index (χ2v) is 9.20. The first-order chi connectivity index (χ1) is 16.4. The van der Waals surface area contributed by atoms with Crippen molar-refractivity contribution in [2.75, 3.05) is 12.0 Å². The average molecular weight is 495 g/mol. The number of ether oxygens (including phenoxy) is 1. The van der Waals surface area contributed by atoms with Crippen LogP contribution >= 0.6 is 23.2 Å². The molecule has 0 radical (unpaired) electrons. The van der Waals surface area contributed by atoms with Crippen molar-refractivity contribution in [2.45, 2.75) is 11.6 Å². The highest BCUT2D eigenvalue weighted by molar-refractivity contribution is 6.31. The molecule has 0 unspecified atom stereocenters. The molecule has 6 nitrogen and oxygen atoms in total. The Morgan fingerprint density at radius 2 is 1.47 bits per heavy atom. The number of hydrogen-bond acceptors (Lipinski definition) is 5. The molecule has 0 aliphatic carbocycles. The smallest absolute Gasteiger partial charge is 0.331 e. The van der Waals surface area contributed by atoms with Crippen LogP contribution in [-0.4, -0.2) is 24.9 Å². The molecule has 1 N–H and O–H groups in total. The number of halogens is 2. The van der Waals surface area contributed by atoms with E-state index in [1.807, 2.05) is 6.07 Å². The molecular formula is C26H20Cl2N2O4. The molecular weight excluding hydrogens is 475 g/mol. The van der Waals surface area contributed by atoms with Crippen molar-refractivity contribution in [1.29, 1.82) is 0 Å². The zero-order valence-corrected chi connectivity index (χ0v) is 19.6. The van der Waals surface area contributed by atoms with Gasteiger partial charge >= 0.3 is 5.97 Å². The van der Waals surface area contributed by atoms with Crippen LogP contribution in [0.3, 0.4) is 0 Å². The van der Waals surface area contributed by atoms with Gasteiger partial charge in [-0.2, -0.15) is 0 Å². The van der Waals surface area contributed by atoms with Crippen molar-refractivity contribution in [3.8, 4) is 0 Å². The summed E-state index contributed by atoms with van der Waals surface area (Å²) in [7, 11) is 1.28. The Morgan fingerprint density at radius 1 is 0.882 bits per heavy atom. The molecule has 34 heavy (non-hydrogen) atoms. The molecule has 172 valence electrons. The summed E-state index contributed by atoms with van der Waals surface area (Å²) in [5.74, 6) is -3.37. The minimum atomic E-state index is -1.56. The van der Waals surface area contributed by atoms with E-state index in [-0.39, 0.29) is 0 Å². The van der Waals surface area contributed by atoms with Gasteiger partial charge in [0.25, 0.3) is 0 Å². The van der Waals surface area contributed by atoms with Gasteiger partial charge in [0.15, 0.2) is 5.54 Å². The summed E-state index contributed by atoms with van der Waals surface area (Å²) >= 11 is 12.1. The molecule has 3 aromatic rings. The fourth-order valence-corrected chi connectivity index (χ4v) is 5.39. The van der Waals surface area contributed by atoms with Gasteiger partial charge in [0.2, 0.25) is 11.8 Å². The Morgan fingerprint density at radius 3 is 2.06 bits per heavy atom. The number of imide groups is 1. The zero-order valence-electron chi connectivity index (χ0n) is 18.1. The second-order valence-electron chi connectivity index (χ2n) is 8.33. The van der Waals surface area contributed by atoms with E-state index in [2.05, 4.69) is 5.32 Å². The molecule has 5 rings (SSSR count). The van der Waals surface area contributed by atoms with Gasteiger partial charge in [0.05, 0.1) is 24.6 Å². The maximum atomic E-state index is 13.9. The van der Waals surface area contributed by atoms with E-state index in [4.69, 9.17) is 27.9 Å². The standard InChI is InChI=1S/C26H20Cl2N2O4/c1-34-25(33)26(16-5-3-2-4-6-16)21-20(22(29-26)15-7-9-17(27)10-8-15)23(31)30(24(21)32)19-13-11-18(28)12-14-19/h2-14,20-22,29H,1H3/t20-,21+,22-,26-/m0/s1. The minimum absolute atomic E-state index is 0.397. The van der Waals surface area contributed by atoms with E-state index in [9.17, 15) is 14.4 Å². The monoisotopic (exact) mass is 494 g/mol. The van der Waals surface area contributed by atoms with E-state index in [1.165, 1.54) is 7.11 Å². The first-order valence-corrected chi connectivity index (χ1v) is 11.4. The summed E-state index contributed by atoms with van der Waals surface area (Å²) in [6.45, 7) is 0. The molecule has 2 aliphatic rings. The maximum Gasteiger partial charge on any atom is 0.331 e. The summed E-state index contributed by atoms with van der Waals surface area (Å²) in [4.78, 5) is 42.3. The quantitative estimate of drug-likeness (QED) is 0.426. The SMILES string of the molecule is COC(=O)[C@@]1(c2ccccc2)N[C@@H](c2ccc(Cl)cc2)[C@H]2C(=O)N(c3ccc(Cl)cc3)C(=O)[C@@H]21. The van der Waals surface area contributed by atoms with E-state index in [0.717, 1.165) is 10.5 Å². The van der Waals surface area contributed by atoms with Gasteiger partial charge in [-0.05, 0) is 47.5 Å². The Kier molecular flexibility index (Phi) is 5.68. The van der Waals surface area contributed by atoms with Gasteiger partial charge in [-0.3, -0.25) is 14.9 Å². The van der Waals surface area contributed by atoms with Crippen LogP contribution in [-0.2, 0) is 24.7 Å². The van der Waals surface area contributed by atoms with Crippen LogP contribution < -0.4 is 10.2 Å². The van der Waals surface area contributed by atoms with Gasteiger partial charge in [-0.15, -0.1) is 0 Å². The number of carbonyl (C=O) groups excluding carboxylic acids is 3. The highest BCUT2D eigenvalue weighted by Crippen LogP contribution is 2.54. The summed E-state index contributed by atoms with van der Waals surface area (Å²) in [6.07, 6.45) is 0. The van der Waals surface area contributed by atoms with Gasteiger partial charge < -0.3 is 4.74 Å². The number of benzene rings is 3. The van der Waals surface area contributed by atoms with Crippen LogP contribution in [0.5, 0.6) is 0 Å². The lowest BCUT2D eigenvalue weighted by Gasteiger charge is -2.33. The van der Waals surface area contributed by atoms with Crippen molar-refractivity contribution in [1.82, 2.24) is 5.32 Å². The van der Waals surface area contributed by atoms with Crippen LogP contribution in [0.2, 0.25) is 10.0 Å². The van der Waals surface area contributed by atoms with Crippen LogP contribution in [0, 0.1) is 11.8 Å². The van der Waals surface area contributed by atoms with Crippen LogP contribution in [0.1, 0.15) is 17.2 Å². The fraction of sp³-hybridized carbons (Fsp3) is 0.192. The number of fused-ring (bicyclic) bond motifs is 1. The summed E-state index contributed by atoms with van der Waals surface area (Å²) in [5.41, 5.74) is 0.127. The molecule has 0 spiro atoms. The van der Waals surface area contributed by atoms with E-state index in [0.29, 0.717) is 21.3 Å². The Labute approximate surface area is 206 Å². The number of anilines is 1. The predicted molar refractivity (Wildman–Crippen MR) is 128 cm³/mol. The van der Waals surface area contributed by atoms with Crippen molar-refractivity contribution < 1.29 is 19.1 Å². The first kappa shape index (κ1) is 22.6.